The minimum atomic E-state index is -0.534. The molecular weight excluding hydrogens is 317 g/mol. The lowest BCUT2D eigenvalue weighted by atomic mass is 10.2. The van der Waals surface area contributed by atoms with Gasteiger partial charge in [0.25, 0.3) is 0 Å². The summed E-state index contributed by atoms with van der Waals surface area (Å²) in [6, 6.07) is 0. The zero-order valence-electron chi connectivity index (χ0n) is 11.9. The summed E-state index contributed by atoms with van der Waals surface area (Å²) in [5.41, 5.74) is 2.22. The van der Waals surface area contributed by atoms with Crippen LogP contribution in [0.15, 0.2) is 0 Å². The summed E-state index contributed by atoms with van der Waals surface area (Å²) < 4.78 is 8.05. The number of aryl methyl sites for hydroxylation is 2. The molecule has 0 N–H and O–H groups in total. The number of halogens is 2. The molecule has 0 bridgehead atoms. The molecule has 0 saturated heterocycles. The molecule has 0 atom stereocenters. The Bertz CT molecular complexity index is 665. The normalized spacial score (nSPS) is 10.9. The van der Waals surface area contributed by atoms with Crippen molar-refractivity contribution in [2.24, 2.45) is 7.05 Å². The molecule has 0 aromatic carbocycles. The predicted molar refractivity (Wildman–Crippen MR) is 77.6 cm³/mol. The number of rotatable bonds is 5. The summed E-state index contributed by atoms with van der Waals surface area (Å²) in [5.74, 6) is -0.439. The van der Waals surface area contributed by atoms with Gasteiger partial charge in [-0.1, -0.05) is 16.8 Å². The van der Waals surface area contributed by atoms with Gasteiger partial charge in [0.2, 0.25) is 0 Å². The number of hydrogen-bond donors (Lipinski definition) is 0. The minimum Gasteiger partial charge on any atom is -0.461 e. The highest BCUT2D eigenvalue weighted by molar-refractivity contribution is 6.30. The van der Waals surface area contributed by atoms with E-state index in [1.165, 1.54) is 4.68 Å². The fraction of sp³-hybridized carbons (Fsp3) is 0.500. The van der Waals surface area contributed by atoms with Crippen LogP contribution in [0, 0.1) is 6.92 Å². The minimum absolute atomic E-state index is 0.0953. The zero-order valence-corrected chi connectivity index (χ0v) is 13.4. The number of ether oxygens (including phenoxy) is 1. The summed E-state index contributed by atoms with van der Waals surface area (Å²) in [7, 11) is 1.76. The van der Waals surface area contributed by atoms with Crippen LogP contribution in [0.2, 0.25) is 5.15 Å². The lowest BCUT2D eigenvalue weighted by Gasteiger charge is -2.05. The van der Waals surface area contributed by atoms with Gasteiger partial charge in [-0.2, -0.15) is 5.10 Å². The largest absolute Gasteiger partial charge is 0.461 e. The smallest absolute Gasteiger partial charge is 0.360 e. The van der Waals surface area contributed by atoms with Crippen LogP contribution in [0.4, 0.5) is 0 Å². The molecule has 0 aliphatic carbocycles. The van der Waals surface area contributed by atoms with Gasteiger partial charge in [0, 0.05) is 12.6 Å². The van der Waals surface area contributed by atoms with Gasteiger partial charge < -0.3 is 4.74 Å². The fourth-order valence-corrected chi connectivity index (χ4v) is 2.45. The Labute approximate surface area is 131 Å². The van der Waals surface area contributed by atoms with Gasteiger partial charge in [0.15, 0.2) is 5.69 Å². The fourth-order valence-electron chi connectivity index (χ4n) is 1.95. The molecule has 0 spiro atoms. The molecule has 0 aliphatic heterocycles. The molecule has 2 aromatic heterocycles. The van der Waals surface area contributed by atoms with Crippen LogP contribution < -0.4 is 0 Å². The molecule has 0 unspecified atom stereocenters. The van der Waals surface area contributed by atoms with Gasteiger partial charge in [0.1, 0.15) is 5.15 Å². The van der Waals surface area contributed by atoms with Crippen molar-refractivity contribution in [1.82, 2.24) is 24.8 Å². The summed E-state index contributed by atoms with van der Waals surface area (Å²) in [6.45, 7) is 4.18. The first-order valence-electron chi connectivity index (χ1n) is 6.33. The van der Waals surface area contributed by atoms with Crippen LogP contribution in [0.3, 0.4) is 0 Å². The monoisotopic (exact) mass is 331 g/mol. The predicted octanol–water partition coefficient (Wildman–Crippen LogP) is 1.94. The van der Waals surface area contributed by atoms with Gasteiger partial charge in [-0.3, -0.25) is 4.68 Å². The van der Waals surface area contributed by atoms with Crippen LogP contribution in [0.5, 0.6) is 0 Å². The number of nitrogens with zero attached hydrogens (tertiary/aromatic N) is 5. The number of carbonyl (C=O) groups excluding carboxylic acids is 1. The summed E-state index contributed by atoms with van der Waals surface area (Å²) in [5, 5.41) is 12.6. The third-order valence-electron chi connectivity index (χ3n) is 3.01. The number of carbonyl (C=O) groups is 1. The first-order chi connectivity index (χ1) is 9.99. The van der Waals surface area contributed by atoms with Gasteiger partial charge >= 0.3 is 5.97 Å². The van der Waals surface area contributed by atoms with E-state index in [2.05, 4.69) is 15.4 Å². The van der Waals surface area contributed by atoms with E-state index in [0.29, 0.717) is 17.4 Å². The lowest BCUT2D eigenvalue weighted by Crippen LogP contribution is -2.11. The van der Waals surface area contributed by atoms with Crippen LogP contribution in [-0.4, -0.2) is 37.4 Å². The van der Waals surface area contributed by atoms with Crippen molar-refractivity contribution in [1.29, 1.82) is 0 Å². The van der Waals surface area contributed by atoms with E-state index in [0.717, 1.165) is 11.3 Å². The SMILES string of the molecule is CCOC(=O)c1nnn(Cc2c(C)nn(C)c2Cl)c1CCl. The van der Waals surface area contributed by atoms with Crippen molar-refractivity contribution in [2.45, 2.75) is 26.3 Å². The number of alkyl halides is 1. The van der Waals surface area contributed by atoms with Gasteiger partial charge in [-0.05, 0) is 13.8 Å². The van der Waals surface area contributed by atoms with E-state index in [1.807, 2.05) is 6.92 Å². The van der Waals surface area contributed by atoms with E-state index in [1.54, 1.807) is 18.7 Å². The molecule has 2 rings (SSSR count). The van der Waals surface area contributed by atoms with E-state index in [-0.39, 0.29) is 18.2 Å². The highest BCUT2D eigenvalue weighted by atomic mass is 35.5. The molecule has 0 radical (unpaired) electrons. The number of hydrogen-bond acceptors (Lipinski definition) is 5. The van der Waals surface area contributed by atoms with Crippen LogP contribution in [-0.2, 0) is 24.2 Å². The highest BCUT2D eigenvalue weighted by Crippen LogP contribution is 2.21. The summed E-state index contributed by atoms with van der Waals surface area (Å²) in [6.07, 6.45) is 0. The maximum Gasteiger partial charge on any atom is 0.360 e. The molecule has 114 valence electrons. The number of aromatic nitrogens is 5. The average molecular weight is 332 g/mol. The van der Waals surface area contributed by atoms with Crippen LogP contribution in [0.1, 0.15) is 34.4 Å². The molecule has 9 heteroatoms. The second kappa shape index (κ2) is 6.44. The standard InChI is InChI=1S/C12H15Cl2N5O2/c1-4-21-12(20)10-9(5-13)19(17-15-10)6-8-7(2)16-18(3)11(8)14/h4-6H2,1-3H3. The molecule has 0 aliphatic rings. The Hall–Kier alpha value is -1.60. The quantitative estimate of drug-likeness (QED) is 0.618. The molecule has 0 fully saturated rings. The maximum atomic E-state index is 11.8. The van der Waals surface area contributed by atoms with Crippen molar-refractivity contribution in [3.8, 4) is 0 Å². The Kier molecular flexibility index (Phi) is 4.84. The van der Waals surface area contributed by atoms with Crippen molar-refractivity contribution in [2.75, 3.05) is 6.61 Å². The van der Waals surface area contributed by atoms with E-state index >= 15 is 0 Å². The molecule has 7 nitrogen and oxygen atoms in total. The highest BCUT2D eigenvalue weighted by Gasteiger charge is 2.22. The third kappa shape index (κ3) is 3.03. The Morgan fingerprint density at radius 3 is 2.67 bits per heavy atom. The lowest BCUT2D eigenvalue weighted by molar-refractivity contribution is 0.0518. The zero-order chi connectivity index (χ0) is 15.6. The molecule has 2 aromatic rings. The maximum absolute atomic E-state index is 11.8. The van der Waals surface area contributed by atoms with Crippen molar-refractivity contribution in [3.05, 3.63) is 27.8 Å². The van der Waals surface area contributed by atoms with Crippen molar-refractivity contribution < 1.29 is 9.53 Å². The van der Waals surface area contributed by atoms with Crippen LogP contribution in [0.25, 0.3) is 0 Å². The molecule has 2 heterocycles. The second-order valence-electron chi connectivity index (χ2n) is 4.37. The van der Waals surface area contributed by atoms with Crippen molar-refractivity contribution in [3.63, 3.8) is 0 Å². The van der Waals surface area contributed by atoms with Gasteiger partial charge in [-0.15, -0.1) is 16.7 Å². The Morgan fingerprint density at radius 1 is 1.43 bits per heavy atom. The first-order valence-corrected chi connectivity index (χ1v) is 7.24. The number of esters is 1. The Balaban J connectivity index is 2.35. The molecule has 21 heavy (non-hydrogen) atoms. The molecular formula is C12H15Cl2N5O2. The van der Waals surface area contributed by atoms with E-state index in [4.69, 9.17) is 27.9 Å². The Morgan fingerprint density at radius 2 is 2.14 bits per heavy atom. The van der Waals surface area contributed by atoms with E-state index < -0.39 is 5.97 Å². The van der Waals surface area contributed by atoms with Gasteiger partial charge in [-0.25, -0.2) is 9.48 Å². The van der Waals surface area contributed by atoms with Gasteiger partial charge in [0.05, 0.1) is 30.4 Å². The van der Waals surface area contributed by atoms with Crippen LogP contribution >= 0.6 is 23.2 Å². The molecule has 0 amide bonds. The first kappa shape index (κ1) is 15.8. The average Bonchev–Trinajstić information content (AvgIpc) is 2.95. The van der Waals surface area contributed by atoms with Crippen molar-refractivity contribution >= 4 is 29.2 Å². The molecule has 0 saturated carbocycles. The summed E-state index contributed by atoms with van der Waals surface area (Å²) in [4.78, 5) is 11.8. The summed E-state index contributed by atoms with van der Waals surface area (Å²) >= 11 is 12.1. The third-order valence-corrected chi connectivity index (χ3v) is 3.74. The topological polar surface area (TPSA) is 74.8 Å². The van der Waals surface area contributed by atoms with E-state index in [9.17, 15) is 4.79 Å². The second-order valence-corrected chi connectivity index (χ2v) is 5.00.